The van der Waals surface area contributed by atoms with Gasteiger partial charge in [-0.25, -0.2) is 14.1 Å². The van der Waals surface area contributed by atoms with E-state index in [-0.39, 0.29) is 23.7 Å². The monoisotopic (exact) mass is 466 g/mol. The third-order valence-electron chi connectivity index (χ3n) is 5.01. The lowest BCUT2D eigenvalue weighted by Crippen LogP contribution is -2.16. The molecule has 176 valence electrons. The molecular formula is C23H23FN6O4. The number of aromatic nitrogens is 4. The fourth-order valence-corrected chi connectivity index (χ4v) is 3.26. The summed E-state index contributed by atoms with van der Waals surface area (Å²) in [6.07, 6.45) is 0. The van der Waals surface area contributed by atoms with Gasteiger partial charge in [-0.05, 0) is 44.2 Å². The van der Waals surface area contributed by atoms with Crippen LogP contribution < -0.4 is 20.5 Å². The van der Waals surface area contributed by atoms with Crippen molar-refractivity contribution in [3.63, 3.8) is 0 Å². The predicted molar refractivity (Wildman–Crippen MR) is 122 cm³/mol. The fourth-order valence-electron chi connectivity index (χ4n) is 3.26. The maximum Gasteiger partial charge on any atom is 0.280 e. The second-order valence-electron chi connectivity index (χ2n) is 7.24. The summed E-state index contributed by atoms with van der Waals surface area (Å²) in [5.74, 6) is 0.878. The summed E-state index contributed by atoms with van der Waals surface area (Å²) in [7, 11) is 1.56. The molecule has 2 heterocycles. The third kappa shape index (κ3) is 4.53. The smallest absolute Gasteiger partial charge is 0.280 e. The SMILES string of the molecule is CCOc1ccc(-c2nc(Cn3nnc(C(=O)Nc4ccccc4F)c3N)c(C)o2)cc1OC. The maximum absolute atomic E-state index is 13.8. The lowest BCUT2D eigenvalue weighted by Gasteiger charge is -2.09. The number of carbonyl (C=O) groups excluding carboxylic acids is 1. The summed E-state index contributed by atoms with van der Waals surface area (Å²) in [6.45, 7) is 4.28. The Kier molecular flexibility index (Phi) is 6.44. The number of aryl methyl sites for hydroxylation is 1. The lowest BCUT2D eigenvalue weighted by molar-refractivity contribution is 0.102. The van der Waals surface area contributed by atoms with E-state index < -0.39 is 11.7 Å². The summed E-state index contributed by atoms with van der Waals surface area (Å²) < 4.78 is 31.9. The van der Waals surface area contributed by atoms with Gasteiger partial charge < -0.3 is 24.9 Å². The van der Waals surface area contributed by atoms with E-state index in [1.807, 2.05) is 13.0 Å². The number of nitrogens with one attached hydrogen (secondary N) is 1. The Bertz CT molecular complexity index is 1330. The Morgan fingerprint density at radius 3 is 2.76 bits per heavy atom. The number of nitrogens with two attached hydrogens (primary N) is 1. The molecule has 0 aliphatic rings. The van der Waals surface area contributed by atoms with Crippen LogP contribution in [0.25, 0.3) is 11.5 Å². The van der Waals surface area contributed by atoms with Crippen molar-refractivity contribution in [2.75, 3.05) is 24.8 Å². The first kappa shape index (κ1) is 22.8. The molecule has 1 amide bonds. The van der Waals surface area contributed by atoms with Crippen molar-refractivity contribution in [2.24, 2.45) is 0 Å². The number of methoxy groups -OCH3 is 1. The van der Waals surface area contributed by atoms with E-state index in [9.17, 15) is 9.18 Å². The minimum Gasteiger partial charge on any atom is -0.493 e. The number of rotatable bonds is 8. The Labute approximate surface area is 194 Å². The number of carbonyl (C=O) groups is 1. The number of ether oxygens (including phenoxy) is 2. The minimum absolute atomic E-state index is 0.0144. The number of para-hydroxylation sites is 1. The first-order valence-corrected chi connectivity index (χ1v) is 10.4. The van der Waals surface area contributed by atoms with E-state index in [0.29, 0.717) is 41.0 Å². The van der Waals surface area contributed by atoms with Crippen molar-refractivity contribution in [1.82, 2.24) is 20.0 Å². The summed E-state index contributed by atoms with van der Waals surface area (Å²) >= 11 is 0. The molecule has 0 aliphatic carbocycles. The van der Waals surface area contributed by atoms with Crippen LogP contribution in [0.1, 0.15) is 28.9 Å². The summed E-state index contributed by atoms with van der Waals surface area (Å²) in [5.41, 5.74) is 7.24. The molecule has 3 N–H and O–H groups in total. The molecule has 4 rings (SSSR count). The van der Waals surface area contributed by atoms with Crippen molar-refractivity contribution in [2.45, 2.75) is 20.4 Å². The molecule has 0 fully saturated rings. The van der Waals surface area contributed by atoms with Crippen molar-refractivity contribution in [3.05, 3.63) is 65.4 Å². The van der Waals surface area contributed by atoms with Crippen molar-refractivity contribution >= 4 is 17.4 Å². The number of oxazole rings is 1. The highest BCUT2D eigenvalue weighted by molar-refractivity contribution is 6.05. The van der Waals surface area contributed by atoms with Crippen LogP contribution in [-0.4, -0.2) is 39.6 Å². The molecule has 10 nitrogen and oxygen atoms in total. The molecule has 0 spiro atoms. The number of anilines is 2. The van der Waals surface area contributed by atoms with Gasteiger partial charge in [0.15, 0.2) is 23.0 Å². The standard InChI is InChI=1S/C23H23FN6O4/c1-4-33-18-10-9-14(11-19(18)32-3)23-27-17(13(2)34-23)12-30-21(25)20(28-29-30)22(31)26-16-8-6-5-7-15(16)24/h5-11H,4,12,25H2,1-3H3,(H,26,31). The molecule has 0 atom stereocenters. The number of nitrogen functional groups attached to an aromatic ring is 1. The molecule has 0 saturated heterocycles. The Morgan fingerprint density at radius 2 is 2.03 bits per heavy atom. The number of benzene rings is 2. The molecule has 0 bridgehead atoms. The van der Waals surface area contributed by atoms with Crippen LogP contribution in [-0.2, 0) is 6.54 Å². The molecule has 2 aromatic heterocycles. The van der Waals surface area contributed by atoms with Gasteiger partial charge in [0, 0.05) is 5.56 Å². The van der Waals surface area contributed by atoms with Crippen molar-refractivity contribution in [1.29, 1.82) is 0 Å². The first-order chi connectivity index (χ1) is 16.4. The van der Waals surface area contributed by atoms with Crippen LogP contribution in [0.2, 0.25) is 0 Å². The third-order valence-corrected chi connectivity index (χ3v) is 5.01. The molecule has 4 aromatic rings. The zero-order valence-electron chi connectivity index (χ0n) is 18.8. The average molecular weight is 466 g/mol. The Balaban J connectivity index is 1.54. The molecule has 0 saturated carbocycles. The highest BCUT2D eigenvalue weighted by Crippen LogP contribution is 2.33. The van der Waals surface area contributed by atoms with E-state index in [4.69, 9.17) is 19.6 Å². The highest BCUT2D eigenvalue weighted by atomic mass is 19.1. The van der Waals surface area contributed by atoms with Gasteiger partial charge in [0.1, 0.15) is 17.3 Å². The normalized spacial score (nSPS) is 10.8. The second kappa shape index (κ2) is 9.61. The van der Waals surface area contributed by atoms with Crippen molar-refractivity contribution in [3.8, 4) is 23.0 Å². The van der Waals surface area contributed by atoms with E-state index in [1.54, 1.807) is 32.2 Å². The van der Waals surface area contributed by atoms with Crippen LogP contribution in [0.4, 0.5) is 15.9 Å². The number of hydrogen-bond donors (Lipinski definition) is 2. The van der Waals surface area contributed by atoms with Crippen LogP contribution in [0.3, 0.4) is 0 Å². The molecular weight excluding hydrogens is 443 g/mol. The first-order valence-electron chi connectivity index (χ1n) is 10.4. The molecule has 34 heavy (non-hydrogen) atoms. The maximum atomic E-state index is 13.8. The van der Waals surface area contributed by atoms with E-state index in [2.05, 4.69) is 20.6 Å². The number of amides is 1. The summed E-state index contributed by atoms with van der Waals surface area (Å²) in [6, 6.07) is 11.2. The lowest BCUT2D eigenvalue weighted by atomic mass is 10.2. The predicted octanol–water partition coefficient (Wildman–Crippen LogP) is 3.67. The Hall–Kier alpha value is -4.41. The zero-order valence-corrected chi connectivity index (χ0v) is 18.8. The number of nitrogens with zero attached hydrogens (tertiary/aromatic N) is 4. The van der Waals surface area contributed by atoms with Crippen LogP contribution >= 0.6 is 0 Å². The van der Waals surface area contributed by atoms with Crippen molar-refractivity contribution < 1.29 is 23.1 Å². The minimum atomic E-state index is -0.673. The van der Waals surface area contributed by atoms with E-state index in [1.165, 1.54) is 22.9 Å². The van der Waals surface area contributed by atoms with Gasteiger partial charge in [0.2, 0.25) is 5.89 Å². The number of hydrogen-bond acceptors (Lipinski definition) is 8. The summed E-state index contributed by atoms with van der Waals surface area (Å²) in [5, 5.41) is 10.2. The van der Waals surface area contributed by atoms with Gasteiger partial charge in [0.25, 0.3) is 5.91 Å². The van der Waals surface area contributed by atoms with Gasteiger partial charge in [-0.1, -0.05) is 17.3 Å². The topological polar surface area (TPSA) is 130 Å². The molecule has 0 aliphatic heterocycles. The number of halogens is 1. The van der Waals surface area contributed by atoms with Crippen LogP contribution in [0.5, 0.6) is 11.5 Å². The summed E-state index contributed by atoms with van der Waals surface area (Å²) in [4.78, 5) is 17.1. The van der Waals surface area contributed by atoms with Gasteiger partial charge >= 0.3 is 0 Å². The fraction of sp³-hybridized carbons (Fsp3) is 0.217. The second-order valence-corrected chi connectivity index (χ2v) is 7.24. The van der Waals surface area contributed by atoms with Crippen LogP contribution in [0.15, 0.2) is 46.9 Å². The zero-order chi connectivity index (χ0) is 24.2. The van der Waals surface area contributed by atoms with E-state index >= 15 is 0 Å². The average Bonchev–Trinajstić information content (AvgIpc) is 3.38. The van der Waals surface area contributed by atoms with Crippen LogP contribution in [0, 0.1) is 12.7 Å². The van der Waals surface area contributed by atoms with Gasteiger partial charge in [-0.15, -0.1) is 5.10 Å². The van der Waals surface area contributed by atoms with Gasteiger partial charge in [-0.3, -0.25) is 4.79 Å². The molecule has 2 aromatic carbocycles. The highest BCUT2D eigenvalue weighted by Gasteiger charge is 2.21. The molecule has 0 radical (unpaired) electrons. The Morgan fingerprint density at radius 1 is 1.24 bits per heavy atom. The molecule has 11 heteroatoms. The van der Waals surface area contributed by atoms with E-state index in [0.717, 1.165) is 0 Å². The quantitative estimate of drug-likeness (QED) is 0.402. The largest absolute Gasteiger partial charge is 0.493 e. The van der Waals surface area contributed by atoms with Gasteiger partial charge in [-0.2, -0.15) is 0 Å². The molecule has 0 unspecified atom stereocenters. The van der Waals surface area contributed by atoms with Gasteiger partial charge in [0.05, 0.1) is 25.9 Å².